The Kier molecular flexibility index (Phi) is 5.73. The molecule has 1 fully saturated rings. The third-order valence-corrected chi connectivity index (χ3v) is 7.11. The van der Waals surface area contributed by atoms with Gasteiger partial charge in [0, 0.05) is 28.4 Å². The molecule has 8 heteroatoms. The van der Waals surface area contributed by atoms with Crippen LogP contribution in [0.1, 0.15) is 26.3 Å². The summed E-state index contributed by atoms with van der Waals surface area (Å²) in [4.78, 5) is 31.3. The SMILES string of the molecule is CON1C(=O)/C(=C\[C@]2(COC(=O)C(C)(C)C)[C@@H]3C(O[Si](C)(C)C)=COC[C@@H]32)c2ccccc21. The zero-order valence-corrected chi connectivity index (χ0v) is 21.4. The molecule has 0 saturated heterocycles. The number of hydrogen-bond acceptors (Lipinski definition) is 6. The van der Waals surface area contributed by atoms with Crippen LogP contribution in [0.25, 0.3) is 5.57 Å². The first kappa shape index (κ1) is 23.6. The standard InChI is InChI=1S/C25H33NO6Si/c1-24(2,3)23(28)31-15-25(18-13-30-14-20(21(18)25)32-33(5,6)7)12-17-16-10-8-9-11-19(16)26(29-4)22(17)27/h8-12,14,18,21H,13,15H2,1-7H3/b17-12-/t18-,21-,25+/m0/s1. The number of allylic oxidation sites excluding steroid dienone is 1. The van der Waals surface area contributed by atoms with Gasteiger partial charge in [0.2, 0.25) is 8.32 Å². The topological polar surface area (TPSA) is 74.3 Å². The van der Waals surface area contributed by atoms with Gasteiger partial charge in [0.15, 0.2) is 0 Å². The molecule has 0 unspecified atom stereocenters. The minimum absolute atomic E-state index is 0.0187. The molecule has 4 rings (SSSR count). The first-order chi connectivity index (χ1) is 15.4. The largest absolute Gasteiger partial charge is 0.545 e. The number of benzene rings is 1. The maximum atomic E-state index is 13.3. The van der Waals surface area contributed by atoms with Gasteiger partial charge in [-0.3, -0.25) is 14.4 Å². The molecule has 1 saturated carbocycles. The van der Waals surface area contributed by atoms with Crippen molar-refractivity contribution in [3.05, 3.63) is 47.9 Å². The molecule has 0 aromatic heterocycles. The van der Waals surface area contributed by atoms with Gasteiger partial charge in [-0.2, -0.15) is 5.06 Å². The number of amides is 1. The minimum Gasteiger partial charge on any atom is -0.545 e. The van der Waals surface area contributed by atoms with E-state index in [4.69, 9.17) is 18.7 Å². The maximum Gasteiger partial charge on any atom is 0.311 e. The zero-order valence-electron chi connectivity index (χ0n) is 20.4. The summed E-state index contributed by atoms with van der Waals surface area (Å²) in [5.74, 6) is 0.288. The molecule has 3 atom stereocenters. The fourth-order valence-corrected chi connectivity index (χ4v) is 5.53. The van der Waals surface area contributed by atoms with Gasteiger partial charge in [-0.1, -0.05) is 24.3 Å². The molecule has 178 valence electrons. The number of carbonyl (C=O) groups is 2. The highest BCUT2D eigenvalue weighted by atomic mass is 28.4. The zero-order chi connectivity index (χ0) is 24.2. The Hall–Kier alpha value is -2.58. The van der Waals surface area contributed by atoms with Gasteiger partial charge < -0.3 is 13.9 Å². The molecule has 0 N–H and O–H groups in total. The molecule has 1 aromatic rings. The van der Waals surface area contributed by atoms with Crippen LogP contribution < -0.4 is 5.06 Å². The van der Waals surface area contributed by atoms with Crippen molar-refractivity contribution in [2.45, 2.75) is 40.4 Å². The Labute approximate surface area is 196 Å². The second kappa shape index (κ2) is 8.02. The minimum atomic E-state index is -1.90. The first-order valence-corrected chi connectivity index (χ1v) is 14.7. The molecule has 1 aliphatic carbocycles. The van der Waals surface area contributed by atoms with Crippen LogP contribution in [0.15, 0.2) is 42.4 Å². The van der Waals surface area contributed by atoms with Gasteiger partial charge in [0.25, 0.3) is 5.91 Å². The first-order valence-electron chi connectivity index (χ1n) is 11.3. The van der Waals surface area contributed by atoms with E-state index in [0.29, 0.717) is 17.9 Å². The van der Waals surface area contributed by atoms with Gasteiger partial charge in [0.1, 0.15) is 18.6 Å². The monoisotopic (exact) mass is 471 g/mol. The van der Waals surface area contributed by atoms with E-state index in [1.807, 2.05) is 51.1 Å². The second-order valence-corrected chi connectivity index (χ2v) is 15.4. The van der Waals surface area contributed by atoms with E-state index >= 15 is 0 Å². The van der Waals surface area contributed by atoms with Crippen LogP contribution in [-0.2, 0) is 28.3 Å². The van der Waals surface area contributed by atoms with Gasteiger partial charge >= 0.3 is 5.97 Å². The molecule has 2 heterocycles. The summed E-state index contributed by atoms with van der Waals surface area (Å²) in [5, 5.41) is 1.30. The number of hydroxylamine groups is 1. The van der Waals surface area contributed by atoms with Crippen LogP contribution in [0.5, 0.6) is 0 Å². The lowest BCUT2D eigenvalue weighted by molar-refractivity contribution is -0.154. The summed E-state index contributed by atoms with van der Waals surface area (Å²) in [5.41, 5.74) is 0.825. The van der Waals surface area contributed by atoms with E-state index in [1.54, 1.807) is 6.26 Å². The molecule has 0 spiro atoms. The van der Waals surface area contributed by atoms with Gasteiger partial charge in [-0.05, 0) is 46.5 Å². The van der Waals surface area contributed by atoms with Crippen molar-refractivity contribution in [3.8, 4) is 0 Å². The van der Waals surface area contributed by atoms with Crippen molar-refractivity contribution in [3.63, 3.8) is 0 Å². The highest BCUT2D eigenvalue weighted by molar-refractivity contribution is 6.70. The average molecular weight is 472 g/mol. The number of rotatable bonds is 6. The number of ether oxygens (including phenoxy) is 2. The third kappa shape index (κ3) is 4.22. The molecule has 3 aliphatic rings. The third-order valence-electron chi connectivity index (χ3n) is 6.26. The number of hydrogen-bond donors (Lipinski definition) is 0. The van der Waals surface area contributed by atoms with E-state index in [2.05, 4.69) is 19.6 Å². The summed E-state index contributed by atoms with van der Waals surface area (Å²) in [6.07, 6.45) is 3.66. The summed E-state index contributed by atoms with van der Waals surface area (Å²) in [7, 11) is -0.423. The average Bonchev–Trinajstić information content (AvgIpc) is 3.28. The fourth-order valence-electron chi connectivity index (χ4n) is 4.65. The van der Waals surface area contributed by atoms with Crippen LogP contribution in [0.2, 0.25) is 19.6 Å². The summed E-state index contributed by atoms with van der Waals surface area (Å²) >= 11 is 0. The van der Waals surface area contributed by atoms with Crippen molar-refractivity contribution >= 4 is 31.5 Å². The lowest BCUT2D eigenvalue weighted by atomic mass is 9.94. The van der Waals surface area contributed by atoms with E-state index < -0.39 is 19.1 Å². The second-order valence-electron chi connectivity index (χ2n) is 10.9. The van der Waals surface area contributed by atoms with Crippen LogP contribution in [0.3, 0.4) is 0 Å². The molecule has 0 bridgehead atoms. The smallest absolute Gasteiger partial charge is 0.311 e. The molecule has 1 amide bonds. The molecular formula is C25H33NO6Si. The van der Waals surface area contributed by atoms with Crippen molar-refractivity contribution < 1.29 is 28.3 Å². The summed E-state index contributed by atoms with van der Waals surface area (Å²) in [6.45, 7) is 12.5. The molecule has 1 aromatic carbocycles. The molecule has 0 radical (unpaired) electrons. The lowest BCUT2D eigenvalue weighted by Gasteiger charge is -2.24. The summed E-state index contributed by atoms with van der Waals surface area (Å²) in [6, 6.07) is 7.53. The van der Waals surface area contributed by atoms with E-state index in [9.17, 15) is 9.59 Å². The van der Waals surface area contributed by atoms with Gasteiger partial charge in [-0.15, -0.1) is 0 Å². The van der Waals surface area contributed by atoms with Crippen molar-refractivity contribution in [1.82, 2.24) is 0 Å². The normalized spacial score (nSPS) is 27.5. The van der Waals surface area contributed by atoms with E-state index in [-0.39, 0.29) is 30.3 Å². The van der Waals surface area contributed by atoms with Crippen molar-refractivity contribution in [2.75, 3.05) is 25.4 Å². The van der Waals surface area contributed by atoms with Gasteiger partial charge in [-0.25, -0.2) is 0 Å². The Morgan fingerprint density at radius 1 is 1.27 bits per heavy atom. The number of esters is 1. The Morgan fingerprint density at radius 3 is 2.61 bits per heavy atom. The van der Waals surface area contributed by atoms with Crippen LogP contribution in [0.4, 0.5) is 5.69 Å². The number of carbonyl (C=O) groups excluding carboxylic acids is 2. The number of nitrogens with zero attached hydrogens (tertiary/aromatic N) is 1. The highest BCUT2D eigenvalue weighted by Gasteiger charge is 2.68. The molecule has 7 nitrogen and oxygen atoms in total. The molecular weight excluding hydrogens is 438 g/mol. The van der Waals surface area contributed by atoms with E-state index in [1.165, 1.54) is 12.2 Å². The molecule has 33 heavy (non-hydrogen) atoms. The lowest BCUT2D eigenvalue weighted by Crippen LogP contribution is -2.29. The Morgan fingerprint density at radius 2 is 1.97 bits per heavy atom. The fraction of sp³-hybridized carbons (Fsp3) is 0.520. The highest BCUT2D eigenvalue weighted by Crippen LogP contribution is 2.66. The van der Waals surface area contributed by atoms with Crippen LogP contribution in [0, 0.1) is 22.7 Å². The molecule has 2 aliphatic heterocycles. The van der Waals surface area contributed by atoms with Crippen LogP contribution >= 0.6 is 0 Å². The quantitative estimate of drug-likeness (QED) is 0.345. The number of fused-ring (bicyclic) bond motifs is 2. The Bertz CT molecular complexity index is 1030. The predicted molar refractivity (Wildman–Crippen MR) is 127 cm³/mol. The van der Waals surface area contributed by atoms with E-state index in [0.717, 1.165) is 11.3 Å². The number of para-hydroxylation sites is 1. The Balaban J connectivity index is 1.75. The maximum absolute atomic E-state index is 13.3. The number of anilines is 1. The van der Waals surface area contributed by atoms with Crippen molar-refractivity contribution in [2.24, 2.45) is 22.7 Å². The van der Waals surface area contributed by atoms with Crippen molar-refractivity contribution in [1.29, 1.82) is 0 Å². The summed E-state index contributed by atoms with van der Waals surface area (Å²) < 4.78 is 17.9. The van der Waals surface area contributed by atoms with Gasteiger partial charge in [0.05, 0.1) is 24.8 Å². The van der Waals surface area contributed by atoms with Crippen LogP contribution in [-0.4, -0.2) is 40.5 Å². The predicted octanol–water partition coefficient (Wildman–Crippen LogP) is 4.52.